The van der Waals surface area contributed by atoms with Crippen LogP contribution in [0.5, 0.6) is 0 Å². The highest BCUT2D eigenvalue weighted by atomic mass is 32.1. The molecule has 0 atom stereocenters. The fourth-order valence-corrected chi connectivity index (χ4v) is 16.9. The van der Waals surface area contributed by atoms with Crippen LogP contribution in [0.15, 0.2) is 0 Å². The second kappa shape index (κ2) is 11.4. The first kappa shape index (κ1) is 34.6. The Morgan fingerprint density at radius 2 is 0.479 bits per heavy atom. The highest BCUT2D eigenvalue weighted by Gasteiger charge is 2.50. The van der Waals surface area contributed by atoms with Crippen molar-refractivity contribution in [2.24, 2.45) is 0 Å². The highest BCUT2D eigenvalue weighted by Crippen LogP contribution is 2.63. The molecule has 1 aliphatic carbocycles. The van der Waals surface area contributed by atoms with Crippen molar-refractivity contribution in [2.45, 2.75) is 122 Å². The summed E-state index contributed by atoms with van der Waals surface area (Å²) in [5, 5.41) is 0. The van der Waals surface area contributed by atoms with Gasteiger partial charge in [-0.05, 0) is 150 Å². The van der Waals surface area contributed by atoms with Gasteiger partial charge in [-0.15, -0.1) is 68.0 Å². The van der Waals surface area contributed by atoms with Gasteiger partial charge in [-0.1, -0.05) is 27.7 Å². The Hall–Kier alpha value is -1.80. The predicted molar refractivity (Wildman–Crippen MR) is 224 cm³/mol. The molecule has 0 amide bonds. The largest absolute Gasteiger partial charge is 0.139 e. The molecule has 48 heavy (non-hydrogen) atoms. The molecule has 0 saturated heterocycles. The zero-order valence-corrected chi connectivity index (χ0v) is 36.3. The zero-order valence-electron chi connectivity index (χ0n) is 31.4. The lowest BCUT2D eigenvalue weighted by Crippen LogP contribution is -2.43. The Morgan fingerprint density at radius 3 is 0.833 bits per heavy atom. The van der Waals surface area contributed by atoms with Crippen LogP contribution in [0.4, 0.5) is 0 Å². The van der Waals surface area contributed by atoms with E-state index in [-0.39, 0.29) is 10.8 Å². The van der Waals surface area contributed by atoms with E-state index in [0.717, 1.165) is 0 Å². The zero-order chi connectivity index (χ0) is 35.1. The normalized spacial score (nSPS) is 15.0. The third kappa shape index (κ3) is 4.51. The topological polar surface area (TPSA) is 0 Å². The molecule has 0 nitrogen and oxygen atoms in total. The molecule has 0 saturated carbocycles. The van der Waals surface area contributed by atoms with Gasteiger partial charge in [0.2, 0.25) is 0 Å². The van der Waals surface area contributed by atoms with Crippen LogP contribution in [-0.4, -0.2) is 0 Å². The minimum absolute atomic E-state index is 0.0421. The van der Waals surface area contributed by atoms with Crippen molar-refractivity contribution in [2.75, 3.05) is 0 Å². The van der Waals surface area contributed by atoms with Crippen LogP contribution in [0.25, 0.3) is 48.8 Å². The first-order valence-electron chi connectivity index (χ1n) is 16.9. The fraction of sp³-hybridized carbons (Fsp3) is 0.429. The number of hydrogen-bond donors (Lipinski definition) is 0. The van der Waals surface area contributed by atoms with E-state index in [9.17, 15) is 0 Å². The van der Waals surface area contributed by atoms with Gasteiger partial charge in [0.25, 0.3) is 0 Å². The van der Waals surface area contributed by atoms with E-state index < -0.39 is 0 Å². The average molecular weight is 745 g/mol. The summed E-state index contributed by atoms with van der Waals surface area (Å²) in [6.07, 6.45) is 0. The first-order valence-corrected chi connectivity index (χ1v) is 21.8. The maximum atomic E-state index is 2.49. The Labute approximate surface area is 312 Å². The second-order valence-corrected chi connectivity index (χ2v) is 21.8. The summed E-state index contributed by atoms with van der Waals surface area (Å²) in [5.41, 5.74) is 17.8. The molecule has 252 valence electrons. The highest BCUT2D eigenvalue weighted by molar-refractivity contribution is 7.31. The number of fused-ring (bicyclic) bond motifs is 3. The monoisotopic (exact) mass is 744 g/mol. The minimum Gasteiger partial charge on any atom is -0.139 e. The molecule has 6 heteroatoms. The van der Waals surface area contributed by atoms with Gasteiger partial charge in [-0.25, -0.2) is 0 Å². The van der Waals surface area contributed by atoms with Gasteiger partial charge in [0.05, 0.1) is 0 Å². The summed E-state index contributed by atoms with van der Waals surface area (Å²) in [6.45, 7) is 37.9. The lowest BCUT2D eigenvalue weighted by molar-refractivity contribution is 0.299. The molecular formula is C42H48S6. The van der Waals surface area contributed by atoms with Crippen molar-refractivity contribution >= 4 is 68.0 Å². The molecule has 0 unspecified atom stereocenters. The maximum Gasteiger partial charge on any atom is 0.0493 e. The summed E-state index contributed by atoms with van der Waals surface area (Å²) in [4.78, 5) is 17.6. The standard InChI is InChI=1S/C42H48S6/c1-17-18(2)31(43-27(17)11)32-19(3)20(4)33(45-32)34-21(5)22(6)35(46-34)36-23(7)24(8)37(47-36)38-26(10)30-40(48-38)39-29(25(9)28(12)44-39)41(13,14)42(30,15)16/h1-16H3. The molecule has 0 fully saturated rings. The predicted octanol–water partition coefficient (Wildman–Crippen LogP) is 15.7. The number of thiophene rings is 6. The molecule has 0 radical (unpaired) electrons. The summed E-state index contributed by atoms with van der Waals surface area (Å²) in [6, 6.07) is 0. The number of hydrogen-bond acceptors (Lipinski definition) is 6. The van der Waals surface area contributed by atoms with Crippen molar-refractivity contribution in [3.8, 4) is 48.8 Å². The quantitative estimate of drug-likeness (QED) is 0.169. The molecule has 0 aliphatic heterocycles. The fourth-order valence-electron chi connectivity index (χ4n) is 7.85. The van der Waals surface area contributed by atoms with Gasteiger partial charge in [0, 0.05) is 69.4 Å². The van der Waals surface area contributed by atoms with Crippen LogP contribution in [0, 0.1) is 83.1 Å². The molecule has 6 aromatic rings. The SMILES string of the molecule is Cc1sc(-c2sc(-c3sc(-c4sc(-c5sc6c(c5C)C(C)(C)C(C)(C)c5c-6sc(C)c5C)c(C)c4C)c(C)c3C)c(C)c2C)c(C)c1C. The van der Waals surface area contributed by atoms with Crippen molar-refractivity contribution in [1.29, 1.82) is 0 Å². The maximum absolute atomic E-state index is 2.49. The Bertz CT molecular complexity index is 2300. The van der Waals surface area contributed by atoms with E-state index >= 15 is 0 Å². The second-order valence-electron chi connectivity index (χ2n) is 15.3. The van der Waals surface area contributed by atoms with Crippen LogP contribution in [0.1, 0.15) is 104 Å². The van der Waals surface area contributed by atoms with E-state index in [1.54, 1.807) is 11.1 Å². The number of aryl methyl sites for hydroxylation is 2. The van der Waals surface area contributed by atoms with E-state index in [0.29, 0.717) is 0 Å². The number of rotatable bonds is 4. The molecule has 7 rings (SSSR count). The molecule has 0 bridgehead atoms. The van der Waals surface area contributed by atoms with Crippen molar-refractivity contribution in [3.63, 3.8) is 0 Å². The van der Waals surface area contributed by atoms with Gasteiger partial charge >= 0.3 is 0 Å². The Balaban J connectivity index is 1.37. The molecule has 6 heterocycles. The van der Waals surface area contributed by atoms with E-state index in [1.165, 1.54) is 114 Å². The summed E-state index contributed by atoms with van der Waals surface area (Å²) in [7, 11) is 0. The molecular weight excluding hydrogens is 697 g/mol. The molecule has 6 aromatic heterocycles. The Morgan fingerprint density at radius 1 is 0.250 bits per heavy atom. The summed E-state index contributed by atoms with van der Waals surface area (Å²) < 4.78 is 0. The van der Waals surface area contributed by atoms with Crippen LogP contribution >= 0.6 is 68.0 Å². The van der Waals surface area contributed by atoms with Crippen molar-refractivity contribution in [3.05, 3.63) is 76.5 Å². The lowest BCUT2D eigenvalue weighted by Gasteiger charge is -2.47. The Kier molecular flexibility index (Phi) is 8.19. The van der Waals surface area contributed by atoms with Crippen molar-refractivity contribution < 1.29 is 0 Å². The van der Waals surface area contributed by atoms with Crippen molar-refractivity contribution in [1.82, 2.24) is 0 Å². The van der Waals surface area contributed by atoms with Crippen LogP contribution in [0.2, 0.25) is 0 Å². The molecule has 0 N–H and O–H groups in total. The minimum atomic E-state index is 0.0421. The van der Waals surface area contributed by atoms with E-state index in [4.69, 9.17) is 0 Å². The molecule has 0 aromatic carbocycles. The van der Waals surface area contributed by atoms with Gasteiger partial charge in [0.15, 0.2) is 0 Å². The molecule has 1 aliphatic rings. The summed E-state index contributed by atoms with van der Waals surface area (Å²) in [5.74, 6) is 0. The lowest BCUT2D eigenvalue weighted by atomic mass is 9.57. The molecule has 0 spiro atoms. The smallest absolute Gasteiger partial charge is 0.0493 e. The average Bonchev–Trinajstić information content (AvgIpc) is 3.82. The van der Waals surface area contributed by atoms with Crippen LogP contribution < -0.4 is 0 Å². The van der Waals surface area contributed by atoms with Gasteiger partial charge in [0.1, 0.15) is 0 Å². The van der Waals surface area contributed by atoms with E-state index in [2.05, 4.69) is 122 Å². The van der Waals surface area contributed by atoms with E-state index in [1.807, 2.05) is 56.7 Å². The van der Waals surface area contributed by atoms with Gasteiger partial charge in [-0.3, -0.25) is 0 Å². The third-order valence-corrected chi connectivity index (χ3v) is 21.2. The van der Waals surface area contributed by atoms with Crippen LogP contribution in [0.3, 0.4) is 0 Å². The third-order valence-electron chi connectivity index (χ3n) is 12.4. The first-order chi connectivity index (χ1) is 22.3. The van der Waals surface area contributed by atoms with Crippen LogP contribution in [-0.2, 0) is 10.8 Å². The van der Waals surface area contributed by atoms with Gasteiger partial charge in [-0.2, -0.15) is 0 Å². The summed E-state index contributed by atoms with van der Waals surface area (Å²) >= 11 is 12.1. The van der Waals surface area contributed by atoms with Gasteiger partial charge < -0.3 is 0 Å².